The highest BCUT2D eigenvalue weighted by Gasteiger charge is 2.04. The summed E-state index contributed by atoms with van der Waals surface area (Å²) in [7, 11) is 1.32. The van der Waals surface area contributed by atoms with Crippen molar-refractivity contribution in [2.75, 3.05) is 12.4 Å². The summed E-state index contributed by atoms with van der Waals surface area (Å²) in [6.45, 7) is 0. The van der Waals surface area contributed by atoms with Crippen molar-refractivity contribution in [3.63, 3.8) is 0 Å². The number of halogens is 1. The van der Waals surface area contributed by atoms with Crippen LogP contribution in [0.1, 0.15) is 20.7 Å². The molecule has 2 rings (SSSR count). The molecule has 0 aliphatic carbocycles. The molecule has 4 nitrogen and oxygen atoms in total. The molecule has 0 heterocycles. The van der Waals surface area contributed by atoms with Crippen LogP contribution in [-0.2, 0) is 4.74 Å². The van der Waals surface area contributed by atoms with Crippen molar-refractivity contribution >= 4 is 17.4 Å². The number of ketones is 1. The van der Waals surface area contributed by atoms with Crippen LogP contribution in [-0.4, -0.2) is 18.9 Å². The minimum absolute atomic E-state index is 0.237. The Labute approximate surface area is 127 Å². The third-order valence-electron chi connectivity index (χ3n) is 2.92. The Morgan fingerprint density at radius 3 is 2.18 bits per heavy atom. The van der Waals surface area contributed by atoms with Crippen LogP contribution in [0.3, 0.4) is 0 Å². The van der Waals surface area contributed by atoms with Gasteiger partial charge in [0.25, 0.3) is 0 Å². The van der Waals surface area contributed by atoms with Gasteiger partial charge in [0.2, 0.25) is 0 Å². The largest absolute Gasteiger partial charge is 0.465 e. The number of esters is 1. The van der Waals surface area contributed by atoms with Crippen molar-refractivity contribution in [3.8, 4) is 0 Å². The highest BCUT2D eigenvalue weighted by molar-refractivity contribution is 6.04. The van der Waals surface area contributed by atoms with Crippen LogP contribution in [0, 0.1) is 5.82 Å². The van der Waals surface area contributed by atoms with Crippen molar-refractivity contribution in [3.05, 3.63) is 77.8 Å². The van der Waals surface area contributed by atoms with E-state index < -0.39 is 5.97 Å². The van der Waals surface area contributed by atoms with E-state index in [9.17, 15) is 14.0 Å². The van der Waals surface area contributed by atoms with Gasteiger partial charge in [0.15, 0.2) is 5.78 Å². The Kier molecular flexibility index (Phi) is 5.03. The number of anilines is 1. The molecular formula is C17H14FNO3. The summed E-state index contributed by atoms with van der Waals surface area (Å²) in [5, 5.41) is 2.91. The lowest BCUT2D eigenvalue weighted by Gasteiger charge is -2.02. The molecule has 0 aromatic heterocycles. The van der Waals surface area contributed by atoms with Crippen LogP contribution in [0.4, 0.5) is 10.1 Å². The summed E-state index contributed by atoms with van der Waals surface area (Å²) in [4.78, 5) is 23.1. The Morgan fingerprint density at radius 1 is 1.00 bits per heavy atom. The number of ether oxygens (including phenoxy) is 1. The van der Waals surface area contributed by atoms with Crippen molar-refractivity contribution in [1.29, 1.82) is 0 Å². The van der Waals surface area contributed by atoms with Crippen LogP contribution in [0.2, 0.25) is 0 Å². The van der Waals surface area contributed by atoms with Gasteiger partial charge < -0.3 is 10.1 Å². The number of carbonyl (C=O) groups is 2. The molecule has 0 amide bonds. The van der Waals surface area contributed by atoms with Crippen LogP contribution < -0.4 is 5.32 Å². The molecule has 0 fully saturated rings. The average Bonchev–Trinajstić information content (AvgIpc) is 2.55. The normalized spacial score (nSPS) is 10.5. The van der Waals surface area contributed by atoms with Crippen LogP contribution >= 0.6 is 0 Å². The molecule has 0 spiro atoms. The van der Waals surface area contributed by atoms with Crippen molar-refractivity contribution < 1.29 is 18.7 Å². The Hall–Kier alpha value is -2.95. The van der Waals surface area contributed by atoms with E-state index in [0.717, 1.165) is 5.69 Å². The second kappa shape index (κ2) is 7.17. The zero-order chi connectivity index (χ0) is 15.9. The van der Waals surface area contributed by atoms with Crippen molar-refractivity contribution in [2.45, 2.75) is 0 Å². The highest BCUT2D eigenvalue weighted by atomic mass is 19.1. The van der Waals surface area contributed by atoms with Crippen LogP contribution in [0.5, 0.6) is 0 Å². The van der Waals surface area contributed by atoms with E-state index in [1.54, 1.807) is 24.3 Å². The Bertz CT molecular complexity index is 691. The number of allylic oxidation sites excluding steroid dienone is 1. The number of carbonyl (C=O) groups excluding carboxylic acids is 2. The molecule has 2 aromatic rings. The predicted molar refractivity (Wildman–Crippen MR) is 81.3 cm³/mol. The third-order valence-corrected chi connectivity index (χ3v) is 2.92. The number of nitrogens with one attached hydrogen (secondary N) is 1. The lowest BCUT2D eigenvalue weighted by Crippen LogP contribution is -2.01. The van der Waals surface area contributed by atoms with E-state index in [4.69, 9.17) is 0 Å². The lowest BCUT2D eigenvalue weighted by atomic mass is 10.1. The molecule has 5 heteroatoms. The number of rotatable bonds is 5. The molecule has 0 bridgehead atoms. The van der Waals surface area contributed by atoms with Gasteiger partial charge in [-0.2, -0.15) is 0 Å². The summed E-state index contributed by atoms with van der Waals surface area (Å²) in [5.74, 6) is -1.03. The van der Waals surface area contributed by atoms with E-state index in [1.807, 2.05) is 0 Å². The fourth-order valence-corrected chi connectivity index (χ4v) is 1.74. The molecule has 2 aromatic carbocycles. The first-order chi connectivity index (χ1) is 10.6. The van der Waals surface area contributed by atoms with Gasteiger partial charge in [-0.05, 0) is 48.5 Å². The SMILES string of the molecule is COC(=O)c1ccc(N/C=C/C(=O)c2ccc(F)cc2)cc1. The lowest BCUT2D eigenvalue weighted by molar-refractivity contribution is 0.0600. The minimum Gasteiger partial charge on any atom is -0.465 e. The first-order valence-electron chi connectivity index (χ1n) is 6.51. The molecule has 22 heavy (non-hydrogen) atoms. The average molecular weight is 299 g/mol. The minimum atomic E-state index is -0.409. The van der Waals surface area contributed by atoms with E-state index in [0.29, 0.717) is 11.1 Å². The summed E-state index contributed by atoms with van der Waals surface area (Å²) in [6, 6.07) is 11.9. The summed E-state index contributed by atoms with van der Waals surface area (Å²) in [5.41, 5.74) is 1.57. The Balaban J connectivity index is 1.95. The molecule has 0 unspecified atom stereocenters. The molecule has 0 saturated carbocycles. The highest BCUT2D eigenvalue weighted by Crippen LogP contribution is 2.10. The van der Waals surface area contributed by atoms with Gasteiger partial charge in [0, 0.05) is 23.5 Å². The van der Waals surface area contributed by atoms with Crippen molar-refractivity contribution in [1.82, 2.24) is 0 Å². The van der Waals surface area contributed by atoms with Gasteiger partial charge in [-0.15, -0.1) is 0 Å². The van der Waals surface area contributed by atoms with Gasteiger partial charge in [0.1, 0.15) is 5.82 Å². The molecule has 0 saturated heterocycles. The van der Waals surface area contributed by atoms with E-state index in [-0.39, 0.29) is 11.6 Å². The molecule has 0 atom stereocenters. The molecule has 0 radical (unpaired) electrons. The number of hydrogen-bond donors (Lipinski definition) is 1. The van der Waals surface area contributed by atoms with E-state index in [2.05, 4.69) is 10.1 Å². The fraction of sp³-hybridized carbons (Fsp3) is 0.0588. The molecule has 0 aliphatic rings. The zero-order valence-corrected chi connectivity index (χ0v) is 11.9. The maximum atomic E-state index is 12.8. The van der Waals surface area contributed by atoms with Gasteiger partial charge in [0.05, 0.1) is 12.7 Å². The van der Waals surface area contributed by atoms with Crippen LogP contribution in [0.15, 0.2) is 60.8 Å². The standard InChI is InChI=1S/C17H14FNO3/c1-22-17(21)13-4-8-15(9-5-13)19-11-10-16(20)12-2-6-14(18)7-3-12/h2-11,19H,1H3/b11-10+. The molecule has 1 N–H and O–H groups in total. The molecule has 0 aliphatic heterocycles. The van der Waals surface area contributed by atoms with Gasteiger partial charge in [-0.3, -0.25) is 4.79 Å². The topological polar surface area (TPSA) is 55.4 Å². The van der Waals surface area contributed by atoms with E-state index in [1.165, 1.54) is 43.7 Å². The van der Waals surface area contributed by atoms with Gasteiger partial charge in [-0.25, -0.2) is 9.18 Å². The molecular weight excluding hydrogens is 285 g/mol. The second-order valence-corrected chi connectivity index (χ2v) is 4.42. The number of hydrogen-bond acceptors (Lipinski definition) is 4. The number of methoxy groups -OCH3 is 1. The first-order valence-corrected chi connectivity index (χ1v) is 6.51. The first kappa shape index (κ1) is 15.4. The summed E-state index contributed by atoms with van der Waals surface area (Å²) < 4.78 is 17.4. The second-order valence-electron chi connectivity index (χ2n) is 4.42. The Morgan fingerprint density at radius 2 is 1.59 bits per heavy atom. The van der Waals surface area contributed by atoms with Gasteiger partial charge >= 0.3 is 5.97 Å². The van der Waals surface area contributed by atoms with Crippen molar-refractivity contribution in [2.24, 2.45) is 0 Å². The monoisotopic (exact) mass is 299 g/mol. The molecule has 112 valence electrons. The zero-order valence-electron chi connectivity index (χ0n) is 11.9. The van der Waals surface area contributed by atoms with Crippen LogP contribution in [0.25, 0.3) is 0 Å². The fourth-order valence-electron chi connectivity index (χ4n) is 1.74. The third kappa shape index (κ3) is 4.02. The summed E-state index contributed by atoms with van der Waals surface area (Å²) in [6.07, 6.45) is 2.83. The smallest absolute Gasteiger partial charge is 0.337 e. The van der Waals surface area contributed by atoms with Gasteiger partial charge in [-0.1, -0.05) is 0 Å². The maximum absolute atomic E-state index is 12.8. The summed E-state index contributed by atoms with van der Waals surface area (Å²) >= 11 is 0. The predicted octanol–water partition coefficient (Wildman–Crippen LogP) is 3.42. The maximum Gasteiger partial charge on any atom is 0.337 e. The number of benzene rings is 2. The quantitative estimate of drug-likeness (QED) is 0.522. The van der Waals surface area contributed by atoms with E-state index >= 15 is 0 Å².